The molecule has 0 aliphatic carbocycles. The second-order valence-corrected chi connectivity index (χ2v) is 4.73. The van der Waals surface area contributed by atoms with E-state index in [1.165, 1.54) is 18.3 Å². The maximum absolute atomic E-state index is 11.7. The van der Waals surface area contributed by atoms with E-state index in [1.54, 1.807) is 12.1 Å². The Bertz CT molecular complexity index is 609. The van der Waals surface area contributed by atoms with Crippen LogP contribution in [0.25, 0.3) is 0 Å². The van der Waals surface area contributed by atoms with Crippen molar-refractivity contribution in [2.75, 3.05) is 5.73 Å². The second kappa shape index (κ2) is 5.44. The van der Waals surface area contributed by atoms with Crippen LogP contribution < -0.4 is 11.1 Å². The topological polar surface area (TPSA) is 111 Å². The molecule has 1 amide bonds. The smallest absolute Gasteiger partial charge is 0.269 e. The molecule has 0 aliphatic heterocycles. The van der Waals surface area contributed by atoms with Crippen LogP contribution in [0.5, 0.6) is 0 Å². The summed E-state index contributed by atoms with van der Waals surface area (Å²) in [5.74, 6) is -0.271. The molecule has 7 nitrogen and oxygen atoms in total. The first kappa shape index (κ1) is 13.0. The van der Waals surface area contributed by atoms with E-state index in [9.17, 15) is 14.9 Å². The average molecular weight is 278 g/mol. The third kappa shape index (κ3) is 3.26. The van der Waals surface area contributed by atoms with Crippen LogP contribution in [0, 0.1) is 10.1 Å². The van der Waals surface area contributed by atoms with Crippen LogP contribution in [-0.4, -0.2) is 15.8 Å². The Balaban J connectivity index is 1.95. The van der Waals surface area contributed by atoms with Crippen LogP contribution in [0.2, 0.25) is 0 Å². The lowest BCUT2D eigenvalue weighted by atomic mass is 10.2. The quantitative estimate of drug-likeness (QED) is 0.651. The van der Waals surface area contributed by atoms with Gasteiger partial charge in [-0.2, -0.15) is 0 Å². The van der Waals surface area contributed by atoms with Gasteiger partial charge in [-0.1, -0.05) is 23.5 Å². The number of nitrogens with two attached hydrogens (primary N) is 1. The number of nitro groups is 1. The van der Waals surface area contributed by atoms with Crippen LogP contribution >= 0.6 is 11.3 Å². The first-order chi connectivity index (χ1) is 9.06. The van der Waals surface area contributed by atoms with Gasteiger partial charge in [0.2, 0.25) is 0 Å². The first-order valence-electron chi connectivity index (χ1n) is 5.29. The number of benzene rings is 1. The van der Waals surface area contributed by atoms with Crippen molar-refractivity contribution in [3.63, 3.8) is 0 Å². The molecule has 3 N–H and O–H groups in total. The lowest BCUT2D eigenvalue weighted by Crippen LogP contribution is -2.21. The summed E-state index contributed by atoms with van der Waals surface area (Å²) in [5.41, 5.74) is 6.23. The van der Waals surface area contributed by atoms with Gasteiger partial charge in [0.05, 0.1) is 11.1 Å². The Morgan fingerprint density at radius 2 is 2.11 bits per heavy atom. The van der Waals surface area contributed by atoms with Crippen LogP contribution in [-0.2, 0) is 6.54 Å². The zero-order chi connectivity index (χ0) is 13.8. The highest BCUT2D eigenvalue weighted by Gasteiger charge is 2.09. The van der Waals surface area contributed by atoms with E-state index in [1.807, 2.05) is 0 Å². The van der Waals surface area contributed by atoms with Crippen LogP contribution in [0.4, 0.5) is 10.8 Å². The van der Waals surface area contributed by atoms with E-state index < -0.39 is 4.92 Å². The van der Waals surface area contributed by atoms with Gasteiger partial charge in [-0.25, -0.2) is 4.98 Å². The Kier molecular flexibility index (Phi) is 3.71. The normalized spacial score (nSPS) is 10.1. The highest BCUT2D eigenvalue weighted by atomic mass is 32.1. The number of nitrogen functional groups attached to an aromatic ring is 1. The molecular formula is C11H10N4O3S. The molecule has 98 valence electrons. The minimum absolute atomic E-state index is 0.0188. The zero-order valence-electron chi connectivity index (χ0n) is 9.70. The Hall–Kier alpha value is -2.48. The fourth-order valence-corrected chi connectivity index (χ4v) is 2.00. The van der Waals surface area contributed by atoms with Gasteiger partial charge in [0.25, 0.3) is 11.6 Å². The van der Waals surface area contributed by atoms with E-state index in [-0.39, 0.29) is 18.1 Å². The summed E-state index contributed by atoms with van der Waals surface area (Å²) in [6.07, 6.45) is 1.41. The van der Waals surface area contributed by atoms with Crippen LogP contribution in [0.15, 0.2) is 30.5 Å². The number of anilines is 1. The van der Waals surface area contributed by atoms with E-state index in [2.05, 4.69) is 10.3 Å². The Morgan fingerprint density at radius 3 is 2.63 bits per heavy atom. The number of nitrogens with one attached hydrogen (secondary N) is 1. The number of non-ortho nitro benzene ring substituents is 1. The van der Waals surface area contributed by atoms with Gasteiger partial charge >= 0.3 is 0 Å². The molecule has 0 saturated carbocycles. The number of amides is 1. The van der Waals surface area contributed by atoms with Gasteiger partial charge < -0.3 is 11.1 Å². The molecule has 0 saturated heterocycles. The average Bonchev–Trinajstić information content (AvgIpc) is 2.83. The highest BCUT2D eigenvalue weighted by molar-refractivity contribution is 7.17. The fraction of sp³-hybridized carbons (Fsp3) is 0.0909. The molecule has 19 heavy (non-hydrogen) atoms. The van der Waals surface area contributed by atoms with Crippen molar-refractivity contribution in [1.29, 1.82) is 0 Å². The van der Waals surface area contributed by atoms with E-state index in [0.29, 0.717) is 10.0 Å². The molecule has 2 aromatic rings. The van der Waals surface area contributed by atoms with E-state index in [4.69, 9.17) is 5.73 Å². The monoisotopic (exact) mass is 278 g/mol. The Labute approximate surface area is 112 Å². The molecule has 1 aromatic carbocycles. The van der Waals surface area contributed by atoms with E-state index in [0.717, 1.165) is 16.9 Å². The highest BCUT2D eigenvalue weighted by Crippen LogP contribution is 2.15. The summed E-state index contributed by atoms with van der Waals surface area (Å²) >= 11 is 1.10. The lowest BCUT2D eigenvalue weighted by Gasteiger charge is -2.03. The fourth-order valence-electron chi connectivity index (χ4n) is 1.40. The molecule has 0 atom stereocenters. The maximum Gasteiger partial charge on any atom is 0.269 e. The van der Waals surface area contributed by atoms with Gasteiger partial charge in [-0.05, 0) is 5.56 Å². The SMILES string of the molecule is Nc1ncc(C(=O)NCc2ccc([N+](=O)[O-])cc2)s1. The van der Waals surface area contributed by atoms with Gasteiger partial charge in [0.1, 0.15) is 4.88 Å². The van der Waals surface area contributed by atoms with Crippen LogP contribution in [0.1, 0.15) is 15.2 Å². The molecule has 0 unspecified atom stereocenters. The first-order valence-corrected chi connectivity index (χ1v) is 6.11. The number of carbonyl (C=O) groups excluding carboxylic acids is 1. The molecule has 2 rings (SSSR count). The Morgan fingerprint density at radius 1 is 1.42 bits per heavy atom. The largest absolute Gasteiger partial charge is 0.375 e. The maximum atomic E-state index is 11.7. The van der Waals surface area contributed by atoms with Crippen molar-refractivity contribution < 1.29 is 9.72 Å². The predicted molar refractivity (Wildman–Crippen MR) is 70.8 cm³/mol. The summed E-state index contributed by atoms with van der Waals surface area (Å²) < 4.78 is 0. The van der Waals surface area contributed by atoms with Crippen molar-refractivity contribution in [1.82, 2.24) is 10.3 Å². The number of aromatic nitrogens is 1. The van der Waals surface area contributed by atoms with Gasteiger partial charge in [-0.15, -0.1) is 0 Å². The van der Waals surface area contributed by atoms with Gasteiger partial charge in [0.15, 0.2) is 5.13 Å². The standard InChI is InChI=1S/C11H10N4O3S/c12-11-14-6-9(19-11)10(16)13-5-7-1-3-8(4-2-7)15(17)18/h1-4,6H,5H2,(H2,12,14)(H,13,16). The molecular weight excluding hydrogens is 268 g/mol. The number of hydrogen-bond acceptors (Lipinski definition) is 6. The summed E-state index contributed by atoms with van der Waals surface area (Å²) in [4.78, 5) is 25.9. The predicted octanol–water partition coefficient (Wildman–Crippen LogP) is 1.56. The third-order valence-electron chi connectivity index (χ3n) is 2.35. The summed E-state index contributed by atoms with van der Waals surface area (Å²) in [5, 5.41) is 13.5. The minimum atomic E-state index is -0.470. The molecule has 0 fully saturated rings. The number of nitrogens with zero attached hydrogens (tertiary/aromatic N) is 2. The zero-order valence-corrected chi connectivity index (χ0v) is 10.5. The molecule has 1 aromatic heterocycles. The number of thiazole rings is 1. The summed E-state index contributed by atoms with van der Waals surface area (Å²) in [6.45, 7) is 0.286. The van der Waals surface area contributed by atoms with Crippen molar-refractivity contribution in [2.45, 2.75) is 6.54 Å². The van der Waals surface area contributed by atoms with Crippen molar-refractivity contribution >= 4 is 28.1 Å². The third-order valence-corrected chi connectivity index (χ3v) is 3.17. The number of nitro benzene ring substituents is 1. The van der Waals surface area contributed by atoms with Gasteiger partial charge in [-0.3, -0.25) is 14.9 Å². The number of rotatable bonds is 4. The molecule has 0 bridgehead atoms. The molecule has 0 spiro atoms. The van der Waals surface area contributed by atoms with Crippen LogP contribution in [0.3, 0.4) is 0 Å². The molecule has 8 heteroatoms. The number of carbonyl (C=O) groups is 1. The van der Waals surface area contributed by atoms with E-state index >= 15 is 0 Å². The molecule has 0 radical (unpaired) electrons. The van der Waals surface area contributed by atoms with Gasteiger partial charge in [0, 0.05) is 18.7 Å². The second-order valence-electron chi connectivity index (χ2n) is 3.67. The number of hydrogen-bond donors (Lipinski definition) is 2. The lowest BCUT2D eigenvalue weighted by molar-refractivity contribution is -0.384. The molecule has 0 aliphatic rings. The molecule has 1 heterocycles. The summed E-state index contributed by atoms with van der Waals surface area (Å²) in [6, 6.07) is 5.98. The summed E-state index contributed by atoms with van der Waals surface area (Å²) in [7, 11) is 0. The minimum Gasteiger partial charge on any atom is -0.375 e. The van der Waals surface area contributed by atoms with Crippen molar-refractivity contribution in [3.8, 4) is 0 Å². The van der Waals surface area contributed by atoms with Crippen molar-refractivity contribution in [3.05, 3.63) is 51.0 Å². The van der Waals surface area contributed by atoms with Crippen molar-refractivity contribution in [2.24, 2.45) is 0 Å².